The minimum absolute atomic E-state index is 0.0686. The largest absolute Gasteiger partial charge is 0.512 e. The van der Waals surface area contributed by atoms with E-state index in [9.17, 15) is 9.59 Å². The fraction of sp³-hybridized carbons (Fsp3) is 0.0833. The molecule has 0 aliphatic rings. The smallest absolute Gasteiger partial charge is 0.449 e. The first kappa shape index (κ1) is 13.8. The van der Waals surface area contributed by atoms with Gasteiger partial charge in [0, 0.05) is 6.54 Å². The lowest BCUT2D eigenvalue weighted by Crippen LogP contribution is -2.28. The molecule has 2 amide bonds. The third-order valence-corrected chi connectivity index (χ3v) is 2.93. The summed E-state index contributed by atoms with van der Waals surface area (Å²) >= 11 is 1.07. The molecule has 0 aliphatic heterocycles. The highest BCUT2D eigenvalue weighted by molar-refractivity contribution is 7.14. The first-order valence-electron chi connectivity index (χ1n) is 5.58. The number of nitrogens with one attached hydrogen (secondary N) is 2. The molecule has 0 fully saturated rings. The van der Waals surface area contributed by atoms with Gasteiger partial charge in [-0.05, 0) is 5.56 Å². The molecule has 2 aromatic rings. The maximum Gasteiger partial charge on any atom is 0.512 e. The number of rotatable bonds is 4. The first-order valence-corrected chi connectivity index (χ1v) is 6.46. The van der Waals surface area contributed by atoms with Crippen molar-refractivity contribution in [2.24, 2.45) is 0 Å². The third-order valence-electron chi connectivity index (χ3n) is 2.19. The van der Waals surface area contributed by atoms with Gasteiger partial charge < -0.3 is 15.2 Å². The summed E-state index contributed by atoms with van der Waals surface area (Å²) in [6, 6.07) is 9.01. The number of carbonyl (C=O) groups excluding carboxylic acids is 1. The van der Waals surface area contributed by atoms with Crippen molar-refractivity contribution in [3.63, 3.8) is 0 Å². The highest BCUT2D eigenvalue weighted by atomic mass is 32.1. The van der Waals surface area contributed by atoms with E-state index in [1.165, 1.54) is 5.38 Å². The van der Waals surface area contributed by atoms with Crippen molar-refractivity contribution in [1.29, 1.82) is 0 Å². The van der Waals surface area contributed by atoms with E-state index in [0.717, 1.165) is 16.9 Å². The summed E-state index contributed by atoms with van der Waals surface area (Å²) in [6.07, 6.45) is -1.45. The van der Waals surface area contributed by atoms with Gasteiger partial charge >= 0.3 is 12.2 Å². The van der Waals surface area contributed by atoms with Crippen LogP contribution in [0, 0.1) is 0 Å². The van der Waals surface area contributed by atoms with Gasteiger partial charge in [-0.3, -0.25) is 5.32 Å². The van der Waals surface area contributed by atoms with Gasteiger partial charge in [0.15, 0.2) is 5.13 Å². The zero-order chi connectivity index (χ0) is 14.4. The molecule has 8 heteroatoms. The van der Waals surface area contributed by atoms with Gasteiger partial charge in [0.1, 0.15) is 0 Å². The Morgan fingerprint density at radius 2 is 2.05 bits per heavy atom. The van der Waals surface area contributed by atoms with Gasteiger partial charge in [0.05, 0.1) is 5.38 Å². The molecule has 20 heavy (non-hydrogen) atoms. The van der Waals surface area contributed by atoms with Crippen LogP contribution in [-0.4, -0.2) is 22.3 Å². The van der Waals surface area contributed by atoms with E-state index in [1.807, 2.05) is 30.3 Å². The van der Waals surface area contributed by atoms with Crippen molar-refractivity contribution in [1.82, 2.24) is 10.3 Å². The van der Waals surface area contributed by atoms with Crippen molar-refractivity contribution in [2.75, 3.05) is 5.32 Å². The number of urea groups is 1. The normalized spacial score (nSPS) is 9.80. The Kier molecular flexibility index (Phi) is 4.51. The quantitative estimate of drug-likeness (QED) is 0.752. The number of hydrogen-bond acceptors (Lipinski definition) is 5. The van der Waals surface area contributed by atoms with E-state index < -0.39 is 12.2 Å². The van der Waals surface area contributed by atoms with Gasteiger partial charge in [-0.1, -0.05) is 30.3 Å². The topological polar surface area (TPSA) is 101 Å². The van der Waals surface area contributed by atoms with Gasteiger partial charge in [-0.25, -0.2) is 9.59 Å². The number of benzene rings is 1. The maximum absolute atomic E-state index is 11.6. The van der Waals surface area contributed by atoms with E-state index in [0.29, 0.717) is 6.54 Å². The highest BCUT2D eigenvalue weighted by Gasteiger charge is 2.09. The Balaban J connectivity index is 1.82. The van der Waals surface area contributed by atoms with Gasteiger partial charge in [-0.2, -0.15) is 4.98 Å². The molecule has 0 saturated carbocycles. The second-order valence-corrected chi connectivity index (χ2v) is 4.51. The fourth-order valence-electron chi connectivity index (χ4n) is 1.37. The van der Waals surface area contributed by atoms with Crippen LogP contribution in [0.15, 0.2) is 35.7 Å². The molecule has 7 nitrogen and oxygen atoms in total. The molecule has 2 rings (SSSR count). The highest BCUT2D eigenvalue weighted by Crippen LogP contribution is 2.20. The van der Waals surface area contributed by atoms with Crippen LogP contribution >= 0.6 is 11.3 Å². The van der Waals surface area contributed by atoms with Crippen LogP contribution in [0.2, 0.25) is 0 Å². The Labute approximate surface area is 118 Å². The lowest BCUT2D eigenvalue weighted by atomic mass is 10.2. The molecule has 0 aliphatic carbocycles. The minimum atomic E-state index is -1.45. The van der Waals surface area contributed by atoms with Crippen LogP contribution in [0.25, 0.3) is 0 Å². The van der Waals surface area contributed by atoms with E-state index >= 15 is 0 Å². The maximum atomic E-state index is 11.6. The molecule has 0 unspecified atom stereocenters. The molecule has 0 atom stereocenters. The molecule has 1 aromatic heterocycles. The second-order valence-electron chi connectivity index (χ2n) is 3.65. The van der Waals surface area contributed by atoms with Crippen LogP contribution in [-0.2, 0) is 6.54 Å². The van der Waals surface area contributed by atoms with E-state index in [4.69, 9.17) is 5.11 Å². The molecule has 1 aromatic carbocycles. The molecule has 1 heterocycles. The molecule has 3 N–H and O–H groups in total. The van der Waals surface area contributed by atoms with Crippen LogP contribution in [0.1, 0.15) is 5.56 Å². The Morgan fingerprint density at radius 3 is 2.75 bits per heavy atom. The molecule has 104 valence electrons. The standard InChI is InChI=1S/C12H11N3O4S/c16-10(13-6-8-4-2-1-3-5-8)15-11-14-9(7-20-11)19-12(17)18/h1-5,7H,6H2,(H,17,18)(H2,13,14,15,16). The predicted octanol–water partition coefficient (Wildman–Crippen LogP) is 2.52. The van der Waals surface area contributed by atoms with Gasteiger partial charge in [0.25, 0.3) is 0 Å². The summed E-state index contributed by atoms with van der Waals surface area (Å²) in [4.78, 5) is 25.7. The number of nitrogens with zero attached hydrogens (tertiary/aromatic N) is 1. The summed E-state index contributed by atoms with van der Waals surface area (Å²) in [5.74, 6) is -0.0686. The minimum Gasteiger partial charge on any atom is -0.449 e. The van der Waals surface area contributed by atoms with Crippen LogP contribution in [0.5, 0.6) is 5.88 Å². The number of amides is 2. The summed E-state index contributed by atoms with van der Waals surface area (Å²) in [7, 11) is 0. The molecular weight excluding hydrogens is 282 g/mol. The van der Waals surface area contributed by atoms with E-state index in [2.05, 4.69) is 20.4 Å². The number of hydrogen-bond donors (Lipinski definition) is 3. The molecular formula is C12H11N3O4S. The van der Waals surface area contributed by atoms with Crippen molar-refractivity contribution < 1.29 is 19.4 Å². The number of carboxylic acid groups (broad SMARTS) is 1. The zero-order valence-corrected chi connectivity index (χ0v) is 11.0. The molecule has 0 radical (unpaired) electrons. The van der Waals surface area contributed by atoms with Crippen LogP contribution in [0.3, 0.4) is 0 Å². The average molecular weight is 293 g/mol. The monoisotopic (exact) mass is 293 g/mol. The Hall–Kier alpha value is -2.61. The third kappa shape index (κ3) is 4.25. The first-order chi connectivity index (χ1) is 9.63. The lowest BCUT2D eigenvalue weighted by Gasteiger charge is -2.05. The predicted molar refractivity (Wildman–Crippen MR) is 73.1 cm³/mol. The molecule has 0 saturated heterocycles. The van der Waals surface area contributed by atoms with Crippen molar-refractivity contribution in [2.45, 2.75) is 6.54 Å². The van der Waals surface area contributed by atoms with Crippen molar-refractivity contribution in [3.8, 4) is 5.88 Å². The number of anilines is 1. The second kappa shape index (κ2) is 6.53. The fourth-order valence-corrected chi connectivity index (χ4v) is 1.98. The number of ether oxygens (including phenoxy) is 1. The SMILES string of the molecule is O=C(NCc1ccccc1)Nc1nc(OC(=O)O)cs1. The van der Waals surface area contributed by atoms with Crippen molar-refractivity contribution >= 4 is 28.7 Å². The number of carbonyl (C=O) groups is 2. The van der Waals surface area contributed by atoms with Gasteiger partial charge in [0.2, 0.25) is 5.88 Å². The average Bonchev–Trinajstić information content (AvgIpc) is 2.84. The van der Waals surface area contributed by atoms with Crippen LogP contribution in [0.4, 0.5) is 14.7 Å². The van der Waals surface area contributed by atoms with Crippen molar-refractivity contribution in [3.05, 3.63) is 41.3 Å². The number of aromatic nitrogens is 1. The Morgan fingerprint density at radius 1 is 1.30 bits per heavy atom. The molecule has 0 spiro atoms. The molecule has 0 bridgehead atoms. The summed E-state index contributed by atoms with van der Waals surface area (Å²) in [6.45, 7) is 0.385. The summed E-state index contributed by atoms with van der Waals surface area (Å²) in [5.41, 5.74) is 0.969. The van der Waals surface area contributed by atoms with Gasteiger partial charge in [-0.15, -0.1) is 11.3 Å². The Bertz CT molecular complexity index is 600. The van der Waals surface area contributed by atoms with Crippen LogP contribution < -0.4 is 15.4 Å². The van der Waals surface area contributed by atoms with E-state index in [1.54, 1.807) is 0 Å². The zero-order valence-electron chi connectivity index (χ0n) is 10.2. The lowest BCUT2D eigenvalue weighted by molar-refractivity contribution is 0.143. The van der Waals surface area contributed by atoms with E-state index in [-0.39, 0.29) is 11.0 Å². The summed E-state index contributed by atoms with van der Waals surface area (Å²) < 4.78 is 4.35. The number of thiazole rings is 1. The summed E-state index contributed by atoms with van der Waals surface area (Å²) in [5, 5.41) is 15.2.